The molecule has 2 aromatic carbocycles. The fraction of sp³-hybridized carbons (Fsp3) is 0.118. The molecule has 0 aliphatic rings. The van der Waals surface area contributed by atoms with E-state index in [0.29, 0.717) is 5.56 Å². The first kappa shape index (κ1) is 18.5. The summed E-state index contributed by atoms with van der Waals surface area (Å²) in [4.78, 5) is 23.5. The Morgan fingerprint density at radius 1 is 1.12 bits per heavy atom. The van der Waals surface area contributed by atoms with Gasteiger partial charge >= 0.3 is 5.97 Å². The Balaban J connectivity index is 2.24. The molecule has 2 rings (SSSR count). The van der Waals surface area contributed by atoms with Gasteiger partial charge in [0.05, 0.1) is 20.4 Å². The molecule has 0 aliphatic carbocycles. The number of carboxylic acids is 1. The highest BCUT2D eigenvalue weighted by Crippen LogP contribution is 2.32. The van der Waals surface area contributed by atoms with Crippen molar-refractivity contribution in [2.75, 3.05) is 14.2 Å². The first-order valence-corrected chi connectivity index (χ1v) is 7.84. The smallest absolute Gasteiger partial charge is 0.340 e. The van der Waals surface area contributed by atoms with Gasteiger partial charge < -0.3 is 14.6 Å². The minimum atomic E-state index is -1.20. The number of hydrazone groups is 1. The third-order valence-corrected chi connectivity index (χ3v) is 3.80. The van der Waals surface area contributed by atoms with Crippen molar-refractivity contribution in [3.05, 3.63) is 57.6 Å². The van der Waals surface area contributed by atoms with Crippen LogP contribution in [0.4, 0.5) is 0 Å². The Kier molecular flexibility index (Phi) is 6.13. The fourth-order valence-corrected chi connectivity index (χ4v) is 2.36. The maximum Gasteiger partial charge on any atom is 0.340 e. The number of ether oxygens (including phenoxy) is 2. The second-order valence-corrected chi connectivity index (χ2v) is 5.69. The standard InChI is InChI=1S/C17H15BrN2O5/c1-24-13-8-5-11(14(17(22)23)15(13)25-2)9-19-20-16(21)10-3-6-12(18)7-4-10/h3-9H,1-2H3,(H,20,21)(H,22,23)/b19-9-. The number of benzene rings is 2. The number of methoxy groups -OCH3 is 2. The number of aromatic carboxylic acids is 1. The molecular weight excluding hydrogens is 392 g/mol. The van der Waals surface area contributed by atoms with Gasteiger partial charge in [0.15, 0.2) is 11.5 Å². The molecule has 0 saturated heterocycles. The summed E-state index contributed by atoms with van der Waals surface area (Å²) in [6, 6.07) is 9.80. The molecule has 0 atom stereocenters. The van der Waals surface area contributed by atoms with Crippen molar-refractivity contribution in [3.63, 3.8) is 0 Å². The monoisotopic (exact) mass is 406 g/mol. The summed E-state index contributed by atoms with van der Waals surface area (Å²) in [5.41, 5.74) is 2.93. The van der Waals surface area contributed by atoms with Crippen molar-refractivity contribution in [3.8, 4) is 11.5 Å². The molecule has 0 fully saturated rings. The molecule has 1 amide bonds. The van der Waals surface area contributed by atoms with E-state index in [1.807, 2.05) is 0 Å². The third kappa shape index (κ3) is 4.36. The number of rotatable bonds is 6. The summed E-state index contributed by atoms with van der Waals surface area (Å²) in [7, 11) is 2.76. The maximum atomic E-state index is 12.0. The summed E-state index contributed by atoms with van der Waals surface area (Å²) in [5.74, 6) is -1.24. The van der Waals surface area contributed by atoms with Crippen molar-refractivity contribution < 1.29 is 24.2 Å². The summed E-state index contributed by atoms with van der Waals surface area (Å²) in [6.45, 7) is 0. The molecule has 2 N–H and O–H groups in total. The van der Waals surface area contributed by atoms with Crippen LogP contribution in [0, 0.1) is 0 Å². The van der Waals surface area contributed by atoms with Crippen LogP contribution in [0.15, 0.2) is 46.0 Å². The van der Waals surface area contributed by atoms with Gasteiger partial charge in [-0.3, -0.25) is 4.79 Å². The Morgan fingerprint density at radius 2 is 1.80 bits per heavy atom. The minimum absolute atomic E-state index is 0.0817. The maximum absolute atomic E-state index is 12.0. The number of hydrogen-bond donors (Lipinski definition) is 2. The number of nitrogens with zero attached hydrogens (tertiary/aromatic N) is 1. The number of carboxylic acid groups (broad SMARTS) is 1. The van der Waals surface area contributed by atoms with E-state index in [1.165, 1.54) is 26.5 Å². The average molecular weight is 407 g/mol. The van der Waals surface area contributed by atoms with Crippen LogP contribution in [0.25, 0.3) is 0 Å². The Labute approximate surface area is 152 Å². The van der Waals surface area contributed by atoms with Crippen LogP contribution in [-0.2, 0) is 0 Å². The molecule has 0 aliphatic heterocycles. The van der Waals surface area contributed by atoms with Gasteiger partial charge in [0, 0.05) is 15.6 Å². The highest BCUT2D eigenvalue weighted by molar-refractivity contribution is 9.10. The molecular formula is C17H15BrN2O5. The SMILES string of the molecule is COc1ccc(/C=N\NC(=O)c2ccc(Br)cc2)c(C(=O)O)c1OC. The third-order valence-electron chi connectivity index (χ3n) is 3.27. The molecule has 0 heterocycles. The predicted octanol–water partition coefficient (Wildman–Crippen LogP) is 2.93. The van der Waals surface area contributed by atoms with Crippen LogP contribution in [0.3, 0.4) is 0 Å². The zero-order valence-corrected chi connectivity index (χ0v) is 15.0. The van der Waals surface area contributed by atoms with Gasteiger partial charge in [-0.05, 0) is 36.4 Å². The lowest BCUT2D eigenvalue weighted by molar-refractivity contribution is 0.0692. The van der Waals surface area contributed by atoms with E-state index in [9.17, 15) is 14.7 Å². The summed E-state index contributed by atoms with van der Waals surface area (Å²) in [6.07, 6.45) is 1.24. The van der Waals surface area contributed by atoms with E-state index in [0.717, 1.165) is 4.47 Å². The van der Waals surface area contributed by atoms with E-state index in [4.69, 9.17) is 9.47 Å². The molecule has 7 nitrogen and oxygen atoms in total. The van der Waals surface area contributed by atoms with E-state index in [-0.39, 0.29) is 22.6 Å². The van der Waals surface area contributed by atoms with Gasteiger partial charge in [0.2, 0.25) is 0 Å². The van der Waals surface area contributed by atoms with Gasteiger partial charge in [-0.15, -0.1) is 0 Å². The first-order valence-electron chi connectivity index (χ1n) is 7.05. The molecule has 0 radical (unpaired) electrons. The van der Waals surface area contributed by atoms with Gasteiger partial charge in [-0.1, -0.05) is 15.9 Å². The lowest BCUT2D eigenvalue weighted by atomic mass is 10.1. The van der Waals surface area contributed by atoms with Gasteiger partial charge in [0.25, 0.3) is 5.91 Å². The summed E-state index contributed by atoms with van der Waals surface area (Å²) < 4.78 is 11.1. The molecule has 0 saturated carbocycles. The highest BCUT2D eigenvalue weighted by atomic mass is 79.9. The number of hydrogen-bond acceptors (Lipinski definition) is 5. The lowest BCUT2D eigenvalue weighted by Gasteiger charge is -2.12. The molecule has 0 unspecified atom stereocenters. The fourth-order valence-electron chi connectivity index (χ4n) is 2.10. The highest BCUT2D eigenvalue weighted by Gasteiger charge is 2.20. The molecule has 130 valence electrons. The number of amides is 1. The lowest BCUT2D eigenvalue weighted by Crippen LogP contribution is -2.17. The van der Waals surface area contributed by atoms with E-state index in [2.05, 4.69) is 26.5 Å². The van der Waals surface area contributed by atoms with Crippen LogP contribution in [0.1, 0.15) is 26.3 Å². The van der Waals surface area contributed by atoms with Crippen molar-refractivity contribution in [2.45, 2.75) is 0 Å². The molecule has 0 bridgehead atoms. The quantitative estimate of drug-likeness (QED) is 0.567. The Hall–Kier alpha value is -2.87. The number of nitrogens with one attached hydrogen (secondary N) is 1. The van der Waals surface area contributed by atoms with Crippen molar-refractivity contribution in [2.24, 2.45) is 5.10 Å². The zero-order valence-electron chi connectivity index (χ0n) is 13.4. The normalized spacial score (nSPS) is 10.5. The second kappa shape index (κ2) is 8.29. The van der Waals surface area contributed by atoms with Crippen LogP contribution in [0.5, 0.6) is 11.5 Å². The van der Waals surface area contributed by atoms with Crippen molar-refractivity contribution in [1.82, 2.24) is 5.43 Å². The first-order chi connectivity index (χ1) is 12.0. The van der Waals surface area contributed by atoms with Gasteiger partial charge in [-0.25, -0.2) is 10.2 Å². The topological polar surface area (TPSA) is 97.2 Å². The van der Waals surface area contributed by atoms with Gasteiger partial charge in [0.1, 0.15) is 5.56 Å². The number of carbonyl (C=O) groups is 2. The minimum Gasteiger partial charge on any atom is -0.493 e. The van der Waals surface area contributed by atoms with E-state index in [1.54, 1.807) is 30.3 Å². The van der Waals surface area contributed by atoms with E-state index >= 15 is 0 Å². The molecule has 8 heteroatoms. The molecule has 2 aromatic rings. The van der Waals surface area contributed by atoms with E-state index < -0.39 is 11.9 Å². The van der Waals surface area contributed by atoms with Crippen molar-refractivity contribution >= 4 is 34.0 Å². The number of carbonyl (C=O) groups excluding carboxylic acids is 1. The zero-order chi connectivity index (χ0) is 18.4. The van der Waals surface area contributed by atoms with Crippen LogP contribution in [0.2, 0.25) is 0 Å². The largest absolute Gasteiger partial charge is 0.493 e. The molecule has 0 aromatic heterocycles. The predicted molar refractivity (Wildman–Crippen MR) is 95.7 cm³/mol. The van der Waals surface area contributed by atoms with Crippen molar-refractivity contribution in [1.29, 1.82) is 0 Å². The number of halogens is 1. The van der Waals surface area contributed by atoms with Gasteiger partial charge in [-0.2, -0.15) is 5.10 Å². The second-order valence-electron chi connectivity index (χ2n) is 4.78. The summed E-state index contributed by atoms with van der Waals surface area (Å²) >= 11 is 3.29. The molecule has 0 spiro atoms. The average Bonchev–Trinajstić information content (AvgIpc) is 2.61. The molecule has 25 heavy (non-hydrogen) atoms. The Morgan fingerprint density at radius 3 is 2.36 bits per heavy atom. The Bertz CT molecular complexity index is 819. The van der Waals surface area contributed by atoms with Crippen LogP contribution >= 0.6 is 15.9 Å². The van der Waals surface area contributed by atoms with Crippen LogP contribution in [-0.4, -0.2) is 37.4 Å². The summed E-state index contributed by atoms with van der Waals surface area (Å²) in [5, 5.41) is 13.2. The van der Waals surface area contributed by atoms with Crippen LogP contribution < -0.4 is 14.9 Å².